The van der Waals surface area contributed by atoms with Gasteiger partial charge in [-0.2, -0.15) is 0 Å². The van der Waals surface area contributed by atoms with Gasteiger partial charge in [0.1, 0.15) is 0 Å². The van der Waals surface area contributed by atoms with Crippen LogP contribution in [0.4, 0.5) is 4.79 Å². The van der Waals surface area contributed by atoms with Crippen LogP contribution in [0, 0.1) is 5.92 Å². The van der Waals surface area contributed by atoms with E-state index in [1.54, 1.807) is 0 Å². The standard InChI is InChI=1S/C17H21NO4/c1-22-16(21)18-17-9-5-4-6-11(17)10-13(15(19)20)12-7-2-3-8-14(12)17/h2-3,7-8,11,13H,4-6,9-10H2,1H3,(H,18,21)(H,19,20). The number of nitrogens with one attached hydrogen (secondary N) is 1. The molecule has 0 bridgehead atoms. The largest absolute Gasteiger partial charge is 0.481 e. The molecule has 0 radical (unpaired) electrons. The fraction of sp³-hybridized carbons (Fsp3) is 0.529. The average Bonchev–Trinajstić information content (AvgIpc) is 2.54. The van der Waals surface area contributed by atoms with E-state index in [4.69, 9.17) is 4.74 Å². The van der Waals surface area contributed by atoms with Crippen LogP contribution in [0.3, 0.4) is 0 Å². The molecule has 1 amide bonds. The third kappa shape index (κ3) is 2.25. The molecule has 0 heterocycles. The highest BCUT2D eigenvalue weighted by atomic mass is 16.5. The molecule has 1 fully saturated rings. The number of carboxylic acids is 1. The van der Waals surface area contributed by atoms with Crippen molar-refractivity contribution in [3.63, 3.8) is 0 Å². The number of carbonyl (C=O) groups is 2. The second-order valence-corrected chi connectivity index (χ2v) is 6.24. The van der Waals surface area contributed by atoms with Gasteiger partial charge in [-0.05, 0) is 36.3 Å². The van der Waals surface area contributed by atoms with Crippen molar-refractivity contribution in [3.05, 3.63) is 35.4 Å². The topological polar surface area (TPSA) is 75.6 Å². The van der Waals surface area contributed by atoms with Crippen LogP contribution in [0.25, 0.3) is 0 Å². The Kier molecular flexibility index (Phi) is 3.81. The number of hydrogen-bond acceptors (Lipinski definition) is 3. The lowest BCUT2D eigenvalue weighted by molar-refractivity contribution is -0.140. The second kappa shape index (κ2) is 5.63. The summed E-state index contributed by atoms with van der Waals surface area (Å²) in [6.45, 7) is 0. The van der Waals surface area contributed by atoms with Crippen molar-refractivity contribution in [2.75, 3.05) is 7.11 Å². The molecule has 1 saturated carbocycles. The molecule has 0 spiro atoms. The zero-order chi connectivity index (χ0) is 15.7. The summed E-state index contributed by atoms with van der Waals surface area (Å²) in [4.78, 5) is 23.6. The molecule has 3 rings (SSSR count). The highest BCUT2D eigenvalue weighted by Gasteiger charge is 2.50. The van der Waals surface area contributed by atoms with Crippen LogP contribution in [0.1, 0.15) is 49.1 Å². The highest BCUT2D eigenvalue weighted by Crippen LogP contribution is 2.52. The first-order chi connectivity index (χ1) is 10.6. The van der Waals surface area contributed by atoms with Gasteiger partial charge in [-0.15, -0.1) is 0 Å². The quantitative estimate of drug-likeness (QED) is 0.880. The van der Waals surface area contributed by atoms with E-state index in [1.807, 2.05) is 24.3 Å². The number of alkyl carbamates (subject to hydrolysis) is 1. The van der Waals surface area contributed by atoms with E-state index in [0.717, 1.165) is 36.8 Å². The van der Waals surface area contributed by atoms with Crippen LogP contribution in [0.5, 0.6) is 0 Å². The molecule has 5 nitrogen and oxygen atoms in total. The van der Waals surface area contributed by atoms with E-state index in [0.29, 0.717) is 6.42 Å². The number of ether oxygens (including phenoxy) is 1. The van der Waals surface area contributed by atoms with Crippen molar-refractivity contribution in [1.82, 2.24) is 5.32 Å². The van der Waals surface area contributed by atoms with Crippen molar-refractivity contribution in [2.45, 2.75) is 43.6 Å². The number of amides is 1. The third-order valence-electron chi connectivity index (χ3n) is 5.22. The molecule has 3 atom stereocenters. The number of benzene rings is 1. The summed E-state index contributed by atoms with van der Waals surface area (Å²) in [6.07, 6.45) is 3.97. The molecule has 5 heteroatoms. The number of hydrogen-bond donors (Lipinski definition) is 2. The maximum absolute atomic E-state index is 11.9. The molecule has 118 valence electrons. The van der Waals surface area contributed by atoms with E-state index in [2.05, 4.69) is 5.32 Å². The van der Waals surface area contributed by atoms with Gasteiger partial charge in [-0.1, -0.05) is 37.1 Å². The Morgan fingerprint density at radius 2 is 2.09 bits per heavy atom. The lowest BCUT2D eigenvalue weighted by Gasteiger charge is -2.50. The highest BCUT2D eigenvalue weighted by molar-refractivity contribution is 5.78. The van der Waals surface area contributed by atoms with E-state index in [9.17, 15) is 14.7 Å². The molecule has 1 aromatic rings. The molecule has 0 aliphatic heterocycles. The first-order valence-electron chi connectivity index (χ1n) is 7.77. The molecule has 2 N–H and O–H groups in total. The fourth-order valence-electron chi connectivity index (χ4n) is 4.24. The molecule has 2 aliphatic carbocycles. The summed E-state index contributed by atoms with van der Waals surface area (Å²) < 4.78 is 4.82. The summed E-state index contributed by atoms with van der Waals surface area (Å²) in [5, 5.41) is 12.6. The monoisotopic (exact) mass is 303 g/mol. The van der Waals surface area contributed by atoms with Gasteiger partial charge in [-0.25, -0.2) is 4.79 Å². The maximum atomic E-state index is 11.9. The summed E-state index contributed by atoms with van der Waals surface area (Å²) in [5.41, 5.74) is 1.28. The summed E-state index contributed by atoms with van der Waals surface area (Å²) in [5.74, 6) is -1.15. The third-order valence-corrected chi connectivity index (χ3v) is 5.22. The van der Waals surface area contributed by atoms with Gasteiger partial charge in [0.25, 0.3) is 0 Å². The number of aliphatic carboxylic acids is 1. The van der Waals surface area contributed by atoms with Crippen molar-refractivity contribution in [2.24, 2.45) is 5.92 Å². The normalized spacial score (nSPS) is 29.9. The second-order valence-electron chi connectivity index (χ2n) is 6.24. The van der Waals surface area contributed by atoms with Crippen molar-refractivity contribution in [3.8, 4) is 0 Å². The summed E-state index contributed by atoms with van der Waals surface area (Å²) in [6, 6.07) is 7.61. The lowest BCUT2D eigenvalue weighted by Crippen LogP contribution is -2.55. The van der Waals surface area contributed by atoms with Crippen LogP contribution < -0.4 is 5.32 Å². The van der Waals surface area contributed by atoms with Gasteiger partial charge in [0.05, 0.1) is 18.6 Å². The number of rotatable bonds is 2. The predicted molar refractivity (Wildman–Crippen MR) is 80.6 cm³/mol. The fourth-order valence-corrected chi connectivity index (χ4v) is 4.24. The minimum absolute atomic E-state index is 0.136. The zero-order valence-corrected chi connectivity index (χ0v) is 12.7. The van der Waals surface area contributed by atoms with E-state index < -0.39 is 23.5 Å². The van der Waals surface area contributed by atoms with Crippen LogP contribution in [0.15, 0.2) is 24.3 Å². The summed E-state index contributed by atoms with van der Waals surface area (Å²) >= 11 is 0. The number of fused-ring (bicyclic) bond motifs is 3. The van der Waals surface area contributed by atoms with Crippen LogP contribution in [-0.4, -0.2) is 24.3 Å². The average molecular weight is 303 g/mol. The molecule has 0 aromatic heterocycles. The van der Waals surface area contributed by atoms with E-state index in [-0.39, 0.29) is 5.92 Å². The van der Waals surface area contributed by atoms with Gasteiger partial charge >= 0.3 is 12.1 Å². The van der Waals surface area contributed by atoms with E-state index >= 15 is 0 Å². The minimum atomic E-state index is -0.787. The minimum Gasteiger partial charge on any atom is -0.481 e. The Morgan fingerprint density at radius 1 is 1.32 bits per heavy atom. The Balaban J connectivity index is 2.12. The molecule has 2 aliphatic rings. The lowest BCUT2D eigenvalue weighted by atomic mass is 9.60. The van der Waals surface area contributed by atoms with Gasteiger partial charge in [0.15, 0.2) is 0 Å². The Labute approximate surface area is 129 Å². The molecule has 3 unspecified atom stereocenters. The van der Waals surface area contributed by atoms with Crippen LogP contribution in [0.2, 0.25) is 0 Å². The molecule has 1 aromatic carbocycles. The smallest absolute Gasteiger partial charge is 0.407 e. The van der Waals surface area contributed by atoms with Crippen molar-refractivity contribution in [1.29, 1.82) is 0 Å². The Hall–Kier alpha value is -2.04. The van der Waals surface area contributed by atoms with Gasteiger partial charge < -0.3 is 15.2 Å². The Morgan fingerprint density at radius 3 is 2.82 bits per heavy atom. The van der Waals surface area contributed by atoms with E-state index in [1.165, 1.54) is 7.11 Å². The van der Waals surface area contributed by atoms with Crippen molar-refractivity contribution < 1.29 is 19.4 Å². The SMILES string of the molecule is COC(=O)NC12CCCCC1CC(C(=O)O)c1ccccc12. The first kappa shape index (κ1) is 14.9. The molecular formula is C17H21NO4. The van der Waals surface area contributed by atoms with Gasteiger partial charge in [0.2, 0.25) is 0 Å². The summed E-state index contributed by atoms with van der Waals surface area (Å²) in [7, 11) is 1.36. The zero-order valence-electron chi connectivity index (χ0n) is 12.7. The van der Waals surface area contributed by atoms with Gasteiger partial charge in [0, 0.05) is 0 Å². The van der Waals surface area contributed by atoms with Gasteiger partial charge in [-0.3, -0.25) is 4.79 Å². The van der Waals surface area contributed by atoms with Crippen LogP contribution >= 0.6 is 0 Å². The number of carbonyl (C=O) groups excluding carboxylic acids is 1. The molecular weight excluding hydrogens is 282 g/mol. The predicted octanol–water partition coefficient (Wildman–Crippen LogP) is 3.00. The van der Waals surface area contributed by atoms with Crippen LogP contribution in [-0.2, 0) is 15.1 Å². The number of methoxy groups -OCH3 is 1. The first-order valence-corrected chi connectivity index (χ1v) is 7.77. The van der Waals surface area contributed by atoms with Crippen molar-refractivity contribution >= 4 is 12.1 Å². The maximum Gasteiger partial charge on any atom is 0.407 e. The Bertz CT molecular complexity index is 600. The number of carboxylic acid groups (broad SMARTS) is 1. The molecule has 0 saturated heterocycles. The molecule has 22 heavy (non-hydrogen) atoms.